The minimum Gasteiger partial charge on any atom is -0.481 e. The van der Waals surface area contributed by atoms with E-state index in [9.17, 15) is 4.79 Å². The van der Waals surface area contributed by atoms with Crippen LogP contribution < -0.4 is 0 Å². The molecule has 0 saturated carbocycles. The van der Waals surface area contributed by atoms with Gasteiger partial charge < -0.3 is 10.0 Å². The van der Waals surface area contributed by atoms with E-state index in [-0.39, 0.29) is 6.42 Å². The molecule has 1 aliphatic carbocycles. The second kappa shape index (κ2) is 5.32. The van der Waals surface area contributed by atoms with Gasteiger partial charge in [0.1, 0.15) is 0 Å². The summed E-state index contributed by atoms with van der Waals surface area (Å²) in [4.78, 5) is 12.8. The minimum absolute atomic E-state index is 0.268. The maximum absolute atomic E-state index is 10.5. The van der Waals surface area contributed by atoms with Crippen molar-refractivity contribution in [2.75, 3.05) is 13.6 Å². The smallest absolute Gasteiger partial charge is 0.303 e. The van der Waals surface area contributed by atoms with Gasteiger partial charge in [-0.1, -0.05) is 24.3 Å². The largest absolute Gasteiger partial charge is 0.481 e. The molecule has 0 aromatic heterocycles. The Hall–Kier alpha value is -1.35. The van der Waals surface area contributed by atoms with Crippen molar-refractivity contribution < 1.29 is 9.90 Å². The van der Waals surface area contributed by atoms with Gasteiger partial charge in [-0.05, 0) is 44.0 Å². The number of rotatable bonds is 5. The zero-order valence-electron chi connectivity index (χ0n) is 10.2. The Labute approximate surface area is 102 Å². The van der Waals surface area contributed by atoms with E-state index in [1.165, 1.54) is 11.1 Å². The number of nitrogens with zero attached hydrogens (tertiary/aromatic N) is 1. The molecule has 0 bridgehead atoms. The Morgan fingerprint density at radius 3 is 2.47 bits per heavy atom. The topological polar surface area (TPSA) is 40.5 Å². The fourth-order valence-electron chi connectivity index (χ4n) is 2.51. The highest BCUT2D eigenvalue weighted by Crippen LogP contribution is 2.24. The van der Waals surface area contributed by atoms with E-state index in [4.69, 9.17) is 5.11 Å². The molecule has 0 spiro atoms. The Morgan fingerprint density at radius 2 is 1.94 bits per heavy atom. The van der Waals surface area contributed by atoms with Crippen LogP contribution in [0.1, 0.15) is 24.0 Å². The molecular formula is C14H19NO2. The molecule has 1 N–H and O–H groups in total. The molecule has 2 rings (SSSR count). The first-order chi connectivity index (χ1) is 8.16. The summed E-state index contributed by atoms with van der Waals surface area (Å²) in [7, 11) is 2.10. The van der Waals surface area contributed by atoms with Crippen LogP contribution in [0.25, 0.3) is 0 Å². The highest BCUT2D eigenvalue weighted by Gasteiger charge is 2.23. The zero-order valence-corrected chi connectivity index (χ0v) is 10.2. The van der Waals surface area contributed by atoms with Crippen molar-refractivity contribution in [1.82, 2.24) is 4.90 Å². The van der Waals surface area contributed by atoms with Crippen molar-refractivity contribution in [2.24, 2.45) is 0 Å². The summed E-state index contributed by atoms with van der Waals surface area (Å²) < 4.78 is 0. The molecule has 92 valence electrons. The molecule has 0 radical (unpaired) electrons. The van der Waals surface area contributed by atoms with Gasteiger partial charge in [0.2, 0.25) is 0 Å². The third kappa shape index (κ3) is 3.07. The molecular weight excluding hydrogens is 214 g/mol. The van der Waals surface area contributed by atoms with Crippen molar-refractivity contribution in [2.45, 2.75) is 31.7 Å². The Bertz CT molecular complexity index is 378. The third-order valence-electron chi connectivity index (χ3n) is 3.55. The summed E-state index contributed by atoms with van der Waals surface area (Å²) >= 11 is 0. The predicted molar refractivity (Wildman–Crippen MR) is 67.1 cm³/mol. The van der Waals surface area contributed by atoms with Gasteiger partial charge >= 0.3 is 5.97 Å². The van der Waals surface area contributed by atoms with Crippen molar-refractivity contribution >= 4 is 5.97 Å². The van der Waals surface area contributed by atoms with Crippen LogP contribution in [-0.2, 0) is 17.6 Å². The number of likely N-dealkylation sites (N-methyl/N-ethyl adjacent to an activating group) is 1. The summed E-state index contributed by atoms with van der Waals surface area (Å²) in [6, 6.07) is 9.11. The first-order valence-electron chi connectivity index (χ1n) is 6.15. The van der Waals surface area contributed by atoms with Crippen molar-refractivity contribution in [1.29, 1.82) is 0 Å². The summed E-state index contributed by atoms with van der Waals surface area (Å²) in [5, 5.41) is 8.62. The van der Waals surface area contributed by atoms with Crippen molar-refractivity contribution in [3.63, 3.8) is 0 Å². The minimum atomic E-state index is -0.701. The maximum atomic E-state index is 10.5. The van der Waals surface area contributed by atoms with Gasteiger partial charge in [0.05, 0.1) is 0 Å². The van der Waals surface area contributed by atoms with E-state index in [1.54, 1.807) is 0 Å². The van der Waals surface area contributed by atoms with Crippen LogP contribution in [0.15, 0.2) is 24.3 Å². The lowest BCUT2D eigenvalue weighted by atomic mass is 10.1. The summed E-state index contributed by atoms with van der Waals surface area (Å²) in [6.45, 7) is 0.866. The lowest BCUT2D eigenvalue weighted by Crippen LogP contribution is -2.33. The number of carbonyl (C=O) groups is 1. The molecule has 0 atom stereocenters. The van der Waals surface area contributed by atoms with Crippen molar-refractivity contribution in [3.05, 3.63) is 35.4 Å². The fourth-order valence-corrected chi connectivity index (χ4v) is 2.51. The van der Waals surface area contributed by atoms with E-state index in [0.29, 0.717) is 6.04 Å². The quantitative estimate of drug-likeness (QED) is 0.845. The average Bonchev–Trinajstić information content (AvgIpc) is 2.71. The number of hydrogen-bond donors (Lipinski definition) is 1. The number of aliphatic carboxylic acids is 1. The van der Waals surface area contributed by atoms with Gasteiger partial charge in [-0.15, -0.1) is 0 Å². The predicted octanol–water partition coefficient (Wildman–Crippen LogP) is 1.95. The SMILES string of the molecule is CN(CCCC(=O)O)C1Cc2ccccc2C1. The third-order valence-corrected chi connectivity index (χ3v) is 3.55. The molecule has 1 aromatic rings. The molecule has 0 unspecified atom stereocenters. The van der Waals surface area contributed by atoms with Gasteiger partial charge in [-0.3, -0.25) is 4.79 Å². The van der Waals surface area contributed by atoms with E-state index in [1.807, 2.05) is 0 Å². The zero-order chi connectivity index (χ0) is 12.3. The Kier molecular flexibility index (Phi) is 3.79. The number of benzene rings is 1. The number of carboxylic acid groups (broad SMARTS) is 1. The number of hydrogen-bond acceptors (Lipinski definition) is 2. The van der Waals surface area contributed by atoms with Crippen LogP contribution in [0, 0.1) is 0 Å². The van der Waals surface area contributed by atoms with Gasteiger partial charge in [-0.2, -0.15) is 0 Å². The summed E-state index contributed by atoms with van der Waals surface area (Å²) in [5.41, 5.74) is 2.89. The van der Waals surface area contributed by atoms with Gasteiger partial charge in [-0.25, -0.2) is 0 Å². The Morgan fingerprint density at radius 1 is 1.35 bits per heavy atom. The molecule has 0 aliphatic heterocycles. The molecule has 17 heavy (non-hydrogen) atoms. The monoisotopic (exact) mass is 233 g/mol. The molecule has 1 aliphatic rings. The van der Waals surface area contributed by atoms with E-state index in [0.717, 1.165) is 25.8 Å². The number of fused-ring (bicyclic) bond motifs is 1. The first-order valence-corrected chi connectivity index (χ1v) is 6.15. The van der Waals surface area contributed by atoms with E-state index in [2.05, 4.69) is 36.2 Å². The van der Waals surface area contributed by atoms with Crippen LogP contribution in [-0.4, -0.2) is 35.6 Å². The fraction of sp³-hybridized carbons (Fsp3) is 0.500. The van der Waals surface area contributed by atoms with Crippen LogP contribution >= 0.6 is 0 Å². The molecule has 0 fully saturated rings. The van der Waals surface area contributed by atoms with E-state index < -0.39 is 5.97 Å². The Balaban J connectivity index is 1.83. The molecule has 0 saturated heterocycles. The molecule has 3 heteroatoms. The second-order valence-corrected chi connectivity index (χ2v) is 4.81. The van der Waals surface area contributed by atoms with Crippen LogP contribution in [0.2, 0.25) is 0 Å². The molecule has 1 aromatic carbocycles. The lowest BCUT2D eigenvalue weighted by molar-refractivity contribution is -0.137. The standard InChI is InChI=1S/C14H19NO2/c1-15(8-4-7-14(16)17)13-9-11-5-2-3-6-12(11)10-13/h2-3,5-6,13H,4,7-10H2,1H3,(H,16,17). The molecule has 0 amide bonds. The molecule has 0 heterocycles. The van der Waals surface area contributed by atoms with Gasteiger partial charge in [0, 0.05) is 12.5 Å². The maximum Gasteiger partial charge on any atom is 0.303 e. The van der Waals surface area contributed by atoms with Crippen LogP contribution in [0.3, 0.4) is 0 Å². The normalized spacial score (nSPS) is 15.2. The second-order valence-electron chi connectivity index (χ2n) is 4.81. The summed E-state index contributed by atoms with van der Waals surface area (Å²) in [6.07, 6.45) is 3.20. The first kappa shape index (κ1) is 12.1. The highest BCUT2D eigenvalue weighted by atomic mass is 16.4. The average molecular weight is 233 g/mol. The van der Waals surface area contributed by atoms with Gasteiger partial charge in [0.15, 0.2) is 0 Å². The van der Waals surface area contributed by atoms with Crippen LogP contribution in [0.4, 0.5) is 0 Å². The molecule has 3 nitrogen and oxygen atoms in total. The van der Waals surface area contributed by atoms with Gasteiger partial charge in [0.25, 0.3) is 0 Å². The highest BCUT2D eigenvalue weighted by molar-refractivity contribution is 5.66. The number of carboxylic acids is 1. The van der Waals surface area contributed by atoms with Crippen molar-refractivity contribution in [3.8, 4) is 0 Å². The van der Waals surface area contributed by atoms with Crippen LogP contribution in [0.5, 0.6) is 0 Å². The lowest BCUT2D eigenvalue weighted by Gasteiger charge is -2.23. The summed E-state index contributed by atoms with van der Waals surface area (Å²) in [5.74, 6) is -0.701. The van der Waals surface area contributed by atoms with E-state index >= 15 is 0 Å².